The molecule has 2 aliphatic rings. The molecule has 194 valence electrons. The Morgan fingerprint density at radius 1 is 1.03 bits per heavy atom. The smallest absolute Gasteiger partial charge is 0.254 e. The molecule has 1 aliphatic carbocycles. The molecule has 0 radical (unpaired) electrons. The molecule has 1 amide bonds. The number of amides is 1. The van der Waals surface area contributed by atoms with Crippen molar-refractivity contribution in [2.75, 3.05) is 12.4 Å². The summed E-state index contributed by atoms with van der Waals surface area (Å²) in [7, 11) is 1.56. The van der Waals surface area contributed by atoms with Crippen molar-refractivity contribution in [3.05, 3.63) is 112 Å². The van der Waals surface area contributed by atoms with Gasteiger partial charge >= 0.3 is 0 Å². The zero-order valence-electron chi connectivity index (χ0n) is 21.3. The molecule has 0 fully saturated rings. The fourth-order valence-corrected chi connectivity index (χ4v) is 5.10. The summed E-state index contributed by atoms with van der Waals surface area (Å²) in [6.07, 6.45) is 1.90. The Balaban J connectivity index is 1.52. The lowest BCUT2D eigenvalue weighted by Gasteiger charge is -2.34. The van der Waals surface area contributed by atoms with Crippen LogP contribution in [0.15, 0.2) is 95.3 Å². The molecule has 6 nitrogen and oxygen atoms in total. The molecule has 7 heteroatoms. The fraction of sp³-hybridized carbons (Fsp3) is 0.226. The summed E-state index contributed by atoms with van der Waals surface area (Å²) in [5.41, 5.74) is 4.59. The molecule has 0 bridgehead atoms. The molecule has 38 heavy (non-hydrogen) atoms. The second-order valence-corrected chi connectivity index (χ2v) is 9.41. The van der Waals surface area contributed by atoms with E-state index in [4.69, 9.17) is 9.47 Å². The fourth-order valence-electron chi connectivity index (χ4n) is 5.10. The minimum atomic E-state index is -0.607. The zero-order chi connectivity index (χ0) is 26.6. The van der Waals surface area contributed by atoms with Gasteiger partial charge in [-0.25, -0.2) is 4.39 Å². The van der Waals surface area contributed by atoms with E-state index in [2.05, 4.69) is 10.6 Å². The highest BCUT2D eigenvalue weighted by Crippen LogP contribution is 2.44. The number of carbonyl (C=O) groups is 2. The van der Waals surface area contributed by atoms with Crippen molar-refractivity contribution in [1.82, 2.24) is 5.32 Å². The predicted octanol–water partition coefficient (Wildman–Crippen LogP) is 6.02. The van der Waals surface area contributed by atoms with Gasteiger partial charge in [0, 0.05) is 40.6 Å². The van der Waals surface area contributed by atoms with Crippen LogP contribution in [0.25, 0.3) is 0 Å². The van der Waals surface area contributed by atoms with Crippen molar-refractivity contribution < 1.29 is 23.5 Å². The number of carbonyl (C=O) groups excluding carboxylic acids is 2. The Bertz CT molecular complexity index is 1450. The van der Waals surface area contributed by atoms with Gasteiger partial charge in [-0.05, 0) is 61.2 Å². The van der Waals surface area contributed by atoms with E-state index in [9.17, 15) is 14.0 Å². The number of methoxy groups -OCH3 is 1. The van der Waals surface area contributed by atoms with Crippen molar-refractivity contribution >= 4 is 17.4 Å². The number of anilines is 1. The van der Waals surface area contributed by atoms with Crippen molar-refractivity contribution in [1.29, 1.82) is 0 Å². The van der Waals surface area contributed by atoms with Crippen LogP contribution in [0.3, 0.4) is 0 Å². The van der Waals surface area contributed by atoms with E-state index in [0.717, 1.165) is 29.7 Å². The lowest BCUT2D eigenvalue weighted by Crippen LogP contribution is -2.35. The normalized spacial score (nSPS) is 17.0. The number of benzene rings is 3. The molecule has 1 unspecified atom stereocenters. The molecule has 5 rings (SSSR count). The molecule has 3 aromatic carbocycles. The number of nitrogens with one attached hydrogen (secondary N) is 2. The van der Waals surface area contributed by atoms with E-state index in [1.165, 1.54) is 18.2 Å². The van der Waals surface area contributed by atoms with Gasteiger partial charge in [0.15, 0.2) is 17.3 Å². The van der Waals surface area contributed by atoms with Crippen molar-refractivity contribution in [3.63, 3.8) is 0 Å². The van der Waals surface area contributed by atoms with Crippen molar-refractivity contribution in [2.24, 2.45) is 0 Å². The first-order valence-electron chi connectivity index (χ1n) is 12.6. The average molecular weight is 513 g/mol. The molecule has 0 spiro atoms. The number of dihydropyridines is 1. The van der Waals surface area contributed by atoms with Crippen LogP contribution >= 0.6 is 0 Å². The number of ketones is 1. The third-order valence-electron chi connectivity index (χ3n) is 6.86. The van der Waals surface area contributed by atoms with Crippen LogP contribution in [0.4, 0.5) is 10.1 Å². The average Bonchev–Trinajstić information content (AvgIpc) is 2.91. The summed E-state index contributed by atoms with van der Waals surface area (Å²) >= 11 is 0. The van der Waals surface area contributed by atoms with Crippen LogP contribution in [0, 0.1) is 5.82 Å². The van der Waals surface area contributed by atoms with Crippen molar-refractivity contribution in [3.8, 4) is 11.5 Å². The van der Waals surface area contributed by atoms with E-state index < -0.39 is 17.6 Å². The Kier molecular flexibility index (Phi) is 7.26. The Hall–Kier alpha value is -4.39. The monoisotopic (exact) mass is 512 g/mol. The van der Waals surface area contributed by atoms with Crippen LogP contribution < -0.4 is 20.1 Å². The van der Waals surface area contributed by atoms with Gasteiger partial charge in [0.2, 0.25) is 0 Å². The van der Waals surface area contributed by atoms with E-state index in [0.29, 0.717) is 47.1 Å². The Morgan fingerprint density at radius 2 is 1.84 bits per heavy atom. The minimum absolute atomic E-state index is 0.00989. The van der Waals surface area contributed by atoms with Gasteiger partial charge in [0.25, 0.3) is 5.91 Å². The van der Waals surface area contributed by atoms with Gasteiger partial charge in [-0.15, -0.1) is 0 Å². The molecule has 1 atom stereocenters. The standard InChI is InChI=1S/C31H29FN2O4/c1-19-28(31(36)34-23-11-6-10-22(32)17-23)29(30-24(33-19)12-7-13-25(30)35)21-14-15-26(27(16-21)37-2)38-18-20-8-4-3-5-9-20/h3-6,8-11,14-17,29,33H,7,12-13,18H2,1-2H3,(H,34,36). The highest BCUT2D eigenvalue weighted by atomic mass is 19.1. The maximum absolute atomic E-state index is 13.8. The summed E-state index contributed by atoms with van der Waals surface area (Å²) in [6.45, 7) is 2.20. The topological polar surface area (TPSA) is 76.7 Å². The van der Waals surface area contributed by atoms with E-state index in [1.54, 1.807) is 13.2 Å². The summed E-state index contributed by atoms with van der Waals surface area (Å²) in [5, 5.41) is 6.11. The highest BCUT2D eigenvalue weighted by molar-refractivity contribution is 6.09. The van der Waals surface area contributed by atoms with E-state index in [1.807, 2.05) is 55.5 Å². The zero-order valence-corrected chi connectivity index (χ0v) is 21.3. The molecule has 1 heterocycles. The molecular formula is C31H29FN2O4. The van der Waals surface area contributed by atoms with Gasteiger partial charge in [-0.2, -0.15) is 0 Å². The molecule has 0 aromatic heterocycles. The summed E-state index contributed by atoms with van der Waals surface area (Å²) in [4.78, 5) is 26.8. The molecule has 1 aliphatic heterocycles. The molecular weight excluding hydrogens is 483 g/mol. The van der Waals surface area contributed by atoms with Gasteiger partial charge < -0.3 is 20.1 Å². The SMILES string of the molecule is COc1cc(C2C(C(=O)Nc3cccc(F)c3)=C(C)NC3=C2C(=O)CCC3)ccc1OCc1ccccc1. The highest BCUT2D eigenvalue weighted by Gasteiger charge is 2.38. The number of hydrogen-bond donors (Lipinski definition) is 2. The molecule has 0 saturated heterocycles. The second-order valence-electron chi connectivity index (χ2n) is 9.41. The summed E-state index contributed by atoms with van der Waals surface area (Å²) < 4.78 is 25.5. The number of rotatable bonds is 7. The van der Waals surface area contributed by atoms with E-state index >= 15 is 0 Å². The second kappa shape index (κ2) is 10.9. The van der Waals surface area contributed by atoms with Crippen molar-refractivity contribution in [2.45, 2.75) is 38.7 Å². The lowest BCUT2D eigenvalue weighted by atomic mass is 9.75. The molecule has 3 aromatic rings. The minimum Gasteiger partial charge on any atom is -0.493 e. The maximum atomic E-state index is 13.8. The van der Waals surface area contributed by atoms with Gasteiger partial charge in [-0.3, -0.25) is 9.59 Å². The largest absolute Gasteiger partial charge is 0.493 e. The lowest BCUT2D eigenvalue weighted by molar-refractivity contribution is -0.116. The van der Waals surface area contributed by atoms with Gasteiger partial charge in [0.1, 0.15) is 12.4 Å². The van der Waals surface area contributed by atoms with E-state index in [-0.39, 0.29) is 5.78 Å². The van der Waals surface area contributed by atoms with Crippen LogP contribution in [0.5, 0.6) is 11.5 Å². The van der Waals surface area contributed by atoms with Gasteiger partial charge in [0.05, 0.1) is 7.11 Å². The third-order valence-corrected chi connectivity index (χ3v) is 6.86. The molecule has 2 N–H and O–H groups in total. The Morgan fingerprint density at radius 3 is 2.61 bits per heavy atom. The number of allylic oxidation sites excluding steroid dienone is 3. The number of Topliss-reactive ketones (excluding diaryl/α,β-unsaturated/α-hetero) is 1. The summed E-state index contributed by atoms with van der Waals surface area (Å²) in [6, 6.07) is 21.1. The molecule has 0 saturated carbocycles. The Labute approximate surface area is 221 Å². The van der Waals surface area contributed by atoms with Crippen LogP contribution in [-0.4, -0.2) is 18.8 Å². The van der Waals surface area contributed by atoms with Crippen LogP contribution in [0.2, 0.25) is 0 Å². The maximum Gasteiger partial charge on any atom is 0.254 e. The van der Waals surface area contributed by atoms with Crippen LogP contribution in [0.1, 0.15) is 43.2 Å². The predicted molar refractivity (Wildman–Crippen MR) is 143 cm³/mol. The number of ether oxygens (including phenoxy) is 2. The first-order valence-corrected chi connectivity index (χ1v) is 12.6. The quantitative estimate of drug-likeness (QED) is 0.405. The summed E-state index contributed by atoms with van der Waals surface area (Å²) in [5.74, 6) is -0.385. The first-order chi connectivity index (χ1) is 18.4. The van der Waals surface area contributed by atoms with Gasteiger partial charge in [-0.1, -0.05) is 42.5 Å². The third kappa shape index (κ3) is 5.18. The van der Waals surface area contributed by atoms with Crippen LogP contribution in [-0.2, 0) is 16.2 Å². The number of hydrogen-bond acceptors (Lipinski definition) is 5. The first kappa shape index (κ1) is 25.3. The number of halogens is 1.